The molecule has 3 aromatic carbocycles. The fraction of sp³-hybridized carbons (Fsp3) is 0.174. The van der Waals surface area contributed by atoms with E-state index in [9.17, 15) is 76.3 Å². The molecule has 0 heterocycles. The molecule has 0 aliphatic rings. The molecule has 0 saturated carbocycles. The molecule has 16 N–H and O–H groups in total. The van der Waals surface area contributed by atoms with Gasteiger partial charge in [0.1, 0.15) is 22.1 Å². The minimum atomic E-state index is -3.75. The summed E-state index contributed by atoms with van der Waals surface area (Å²) in [6.45, 7) is -1.08. The van der Waals surface area contributed by atoms with E-state index in [4.69, 9.17) is 11.6 Å². The Bertz CT molecular complexity index is 1500. The van der Waals surface area contributed by atoms with Gasteiger partial charge in [-0.1, -0.05) is 23.7 Å². The van der Waals surface area contributed by atoms with E-state index in [1.54, 1.807) is 5.32 Å². The summed E-state index contributed by atoms with van der Waals surface area (Å²) in [5, 5.41) is 143. The van der Waals surface area contributed by atoms with Crippen LogP contribution in [0.1, 0.15) is 22.0 Å². The van der Waals surface area contributed by atoms with Crippen LogP contribution in [0.15, 0.2) is 24.3 Å². The number of nitrogens with one attached hydrogen (secondary N) is 2. The lowest BCUT2D eigenvalue weighted by molar-refractivity contribution is -0.357. The maximum absolute atomic E-state index is 11.4. The number of carbonyl (C=O) groups is 1. The number of aromatic carboxylic acids is 1. The van der Waals surface area contributed by atoms with Crippen molar-refractivity contribution in [3.63, 3.8) is 0 Å². The number of hydrogen-bond acceptors (Lipinski definition) is 16. The quantitative estimate of drug-likeness (QED) is 0.0822. The van der Waals surface area contributed by atoms with Crippen LogP contribution in [0.2, 0.25) is 5.02 Å². The second-order valence-electron chi connectivity index (χ2n) is 8.52. The number of rotatable bonds is 9. The molecule has 17 nitrogen and oxygen atoms in total. The van der Waals surface area contributed by atoms with Crippen molar-refractivity contribution in [2.24, 2.45) is 0 Å². The molecule has 3 aromatic rings. The molecule has 0 bridgehead atoms. The SMILES string of the molecule is O=C(O)c1c(O)c(O)c(O)c(-c2cccc(NC(O)(O)C(O)(O)NCC(O)c3c(O)c(O)c(O)c(Cl)c3O)c2)c1O. The number of aliphatic hydroxyl groups is 5. The zero-order chi connectivity index (χ0) is 31.2. The summed E-state index contributed by atoms with van der Waals surface area (Å²) in [7, 11) is 0. The van der Waals surface area contributed by atoms with Crippen molar-refractivity contribution < 1.29 is 76.3 Å². The van der Waals surface area contributed by atoms with E-state index in [1.807, 2.05) is 5.32 Å². The number of benzene rings is 3. The van der Waals surface area contributed by atoms with Gasteiger partial charge in [-0.2, -0.15) is 0 Å². The maximum atomic E-state index is 11.4. The van der Waals surface area contributed by atoms with E-state index in [1.165, 1.54) is 0 Å². The van der Waals surface area contributed by atoms with Gasteiger partial charge in [0.05, 0.1) is 17.2 Å². The Morgan fingerprint density at radius 2 is 1.37 bits per heavy atom. The Hall–Kier alpha value is -4.62. The molecular weight excluding hydrogens is 580 g/mol. The van der Waals surface area contributed by atoms with Gasteiger partial charge in [0.25, 0.3) is 0 Å². The van der Waals surface area contributed by atoms with Gasteiger partial charge in [-0.3, -0.25) is 5.32 Å². The summed E-state index contributed by atoms with van der Waals surface area (Å²) in [6, 6.07) is 4.31. The molecule has 0 radical (unpaired) electrons. The van der Waals surface area contributed by atoms with E-state index in [-0.39, 0.29) is 5.56 Å². The molecule has 0 aliphatic carbocycles. The first-order chi connectivity index (χ1) is 18.8. The van der Waals surface area contributed by atoms with Crippen molar-refractivity contribution in [2.75, 3.05) is 11.9 Å². The molecule has 18 heteroatoms. The molecule has 1 atom stereocenters. The van der Waals surface area contributed by atoms with Crippen LogP contribution in [0.25, 0.3) is 11.1 Å². The lowest BCUT2D eigenvalue weighted by Crippen LogP contribution is -2.67. The van der Waals surface area contributed by atoms with Gasteiger partial charge < -0.3 is 76.8 Å². The monoisotopic (exact) mass is 602 g/mol. The molecule has 0 spiro atoms. The summed E-state index contributed by atoms with van der Waals surface area (Å²) >= 11 is 5.60. The average Bonchev–Trinajstić information content (AvgIpc) is 2.88. The van der Waals surface area contributed by atoms with Crippen LogP contribution in [-0.4, -0.2) is 95.8 Å². The van der Waals surface area contributed by atoms with Crippen molar-refractivity contribution in [3.8, 4) is 57.1 Å². The normalized spacial score (nSPS) is 12.7. The summed E-state index contributed by atoms with van der Waals surface area (Å²) < 4.78 is 0. The number of carboxylic acids is 1. The Morgan fingerprint density at radius 3 is 1.95 bits per heavy atom. The van der Waals surface area contributed by atoms with Gasteiger partial charge >= 0.3 is 17.8 Å². The number of halogens is 1. The zero-order valence-corrected chi connectivity index (χ0v) is 20.9. The van der Waals surface area contributed by atoms with E-state index in [0.717, 1.165) is 24.3 Å². The number of carboxylic acid groups (broad SMARTS) is 1. The summed E-state index contributed by atoms with van der Waals surface area (Å²) in [5.74, 6) is -19.0. The van der Waals surface area contributed by atoms with E-state index in [2.05, 4.69) is 0 Å². The minimum Gasteiger partial charge on any atom is -0.506 e. The third-order valence-corrected chi connectivity index (χ3v) is 6.17. The molecule has 0 amide bonds. The third kappa shape index (κ3) is 5.41. The molecule has 1 unspecified atom stereocenters. The fourth-order valence-corrected chi connectivity index (χ4v) is 3.87. The van der Waals surface area contributed by atoms with E-state index < -0.39 is 104 Å². The highest BCUT2D eigenvalue weighted by Crippen LogP contribution is 2.52. The van der Waals surface area contributed by atoms with Crippen LogP contribution in [0.5, 0.6) is 46.0 Å². The highest BCUT2D eigenvalue weighted by atomic mass is 35.5. The van der Waals surface area contributed by atoms with Crippen LogP contribution in [0, 0.1) is 0 Å². The standard InChI is InChI=1S/C23H23ClN2O15/c24-12-14(29)10(16(31)20(35)18(12)33)8(27)5-25-22(38,39)23(40,41)26-7-3-1-2-6(4-7)9-13(28)11(21(36)37)17(32)19(34)15(9)30/h1-4,8,25-35,38-41H,5H2,(H,36,37). The lowest BCUT2D eigenvalue weighted by Gasteiger charge is -2.36. The largest absolute Gasteiger partial charge is 0.506 e. The first-order valence-corrected chi connectivity index (χ1v) is 11.3. The molecule has 41 heavy (non-hydrogen) atoms. The fourth-order valence-electron chi connectivity index (χ4n) is 3.68. The number of hydrogen-bond donors (Lipinski definition) is 16. The number of phenolic OH excluding ortho intramolecular Hbond substituents is 6. The number of phenols is 8. The minimum absolute atomic E-state index is 0.279. The van der Waals surface area contributed by atoms with E-state index >= 15 is 0 Å². The van der Waals surface area contributed by atoms with Gasteiger partial charge in [-0.05, 0) is 17.7 Å². The Balaban J connectivity index is 1.89. The second kappa shape index (κ2) is 10.7. The zero-order valence-electron chi connectivity index (χ0n) is 20.1. The third-order valence-electron chi connectivity index (χ3n) is 5.82. The average molecular weight is 603 g/mol. The van der Waals surface area contributed by atoms with E-state index in [0.29, 0.717) is 0 Å². The van der Waals surface area contributed by atoms with Gasteiger partial charge in [-0.25, -0.2) is 4.79 Å². The van der Waals surface area contributed by atoms with Crippen LogP contribution in [0.3, 0.4) is 0 Å². The molecule has 222 valence electrons. The maximum Gasteiger partial charge on any atom is 0.343 e. The second-order valence-corrected chi connectivity index (χ2v) is 8.90. The number of aliphatic hydroxyl groups excluding tert-OH is 1. The van der Waals surface area contributed by atoms with Crippen molar-refractivity contribution in [1.29, 1.82) is 0 Å². The molecule has 3 rings (SSSR count). The molecule has 0 aromatic heterocycles. The lowest BCUT2D eigenvalue weighted by atomic mass is 9.98. The first-order valence-electron chi connectivity index (χ1n) is 10.9. The summed E-state index contributed by atoms with van der Waals surface area (Å²) in [5.41, 5.74) is -3.43. The summed E-state index contributed by atoms with van der Waals surface area (Å²) in [4.78, 5) is 11.4. The first kappa shape index (κ1) is 30.9. The molecule has 0 saturated heterocycles. The van der Waals surface area contributed by atoms with Crippen molar-refractivity contribution in [3.05, 3.63) is 40.4 Å². The topological polar surface area (TPSA) is 324 Å². The van der Waals surface area contributed by atoms with Crippen molar-refractivity contribution in [2.45, 2.75) is 17.9 Å². The Morgan fingerprint density at radius 1 is 0.780 bits per heavy atom. The number of anilines is 1. The van der Waals surface area contributed by atoms with Gasteiger partial charge in [-0.15, -0.1) is 0 Å². The van der Waals surface area contributed by atoms with Crippen LogP contribution in [-0.2, 0) is 0 Å². The van der Waals surface area contributed by atoms with Gasteiger partial charge in [0.2, 0.25) is 11.5 Å². The van der Waals surface area contributed by atoms with Crippen LogP contribution < -0.4 is 10.6 Å². The number of aromatic hydroxyl groups is 8. The highest BCUT2D eigenvalue weighted by molar-refractivity contribution is 6.34. The predicted molar refractivity (Wildman–Crippen MR) is 135 cm³/mol. The summed E-state index contributed by atoms with van der Waals surface area (Å²) in [6.07, 6.45) is -2.12. The van der Waals surface area contributed by atoms with Crippen LogP contribution >= 0.6 is 11.6 Å². The smallest absolute Gasteiger partial charge is 0.343 e. The van der Waals surface area contributed by atoms with Gasteiger partial charge in [0.15, 0.2) is 23.0 Å². The molecule has 0 aliphatic heterocycles. The van der Waals surface area contributed by atoms with Crippen molar-refractivity contribution >= 4 is 23.3 Å². The predicted octanol–water partition coefficient (Wildman–Crippen LogP) is -0.638. The van der Waals surface area contributed by atoms with Crippen LogP contribution in [0.4, 0.5) is 5.69 Å². The Kier molecular flexibility index (Phi) is 8.10. The highest BCUT2D eigenvalue weighted by Gasteiger charge is 2.48. The van der Waals surface area contributed by atoms with Crippen molar-refractivity contribution in [1.82, 2.24) is 5.32 Å². The Labute approximate surface area is 232 Å². The molecular formula is C23H23ClN2O15. The van der Waals surface area contributed by atoms with Gasteiger partial charge in [0, 0.05) is 12.2 Å². The molecule has 0 fully saturated rings.